The SMILES string of the molecule is CC[C@@H](C)NS(=O)(=O)c1ccc(C)c(C(N)=O)c1. The summed E-state index contributed by atoms with van der Waals surface area (Å²) in [6.07, 6.45) is 0.688. The number of nitrogens with two attached hydrogens (primary N) is 1. The molecule has 0 aromatic heterocycles. The number of primary amides is 1. The monoisotopic (exact) mass is 270 g/mol. The van der Waals surface area contributed by atoms with Crippen LogP contribution in [-0.2, 0) is 10.0 Å². The Morgan fingerprint density at radius 2 is 2.06 bits per heavy atom. The summed E-state index contributed by atoms with van der Waals surface area (Å²) in [5.41, 5.74) is 6.08. The van der Waals surface area contributed by atoms with E-state index < -0.39 is 15.9 Å². The quantitative estimate of drug-likeness (QED) is 0.841. The third-order valence-electron chi connectivity index (χ3n) is 2.75. The highest BCUT2D eigenvalue weighted by atomic mass is 32.2. The molecule has 0 unspecified atom stereocenters. The molecule has 1 amide bonds. The van der Waals surface area contributed by atoms with E-state index in [9.17, 15) is 13.2 Å². The molecule has 0 saturated heterocycles. The van der Waals surface area contributed by atoms with Crippen molar-refractivity contribution in [3.63, 3.8) is 0 Å². The molecule has 0 radical (unpaired) electrons. The zero-order valence-electron chi connectivity index (χ0n) is 10.7. The molecule has 100 valence electrons. The number of sulfonamides is 1. The first-order valence-corrected chi connectivity index (χ1v) is 7.19. The first-order chi connectivity index (χ1) is 8.27. The number of carbonyl (C=O) groups is 1. The lowest BCUT2D eigenvalue weighted by atomic mass is 10.1. The second kappa shape index (κ2) is 5.49. The van der Waals surface area contributed by atoms with Crippen LogP contribution in [0.2, 0.25) is 0 Å². The predicted octanol–water partition coefficient (Wildman–Crippen LogP) is 1.17. The smallest absolute Gasteiger partial charge is 0.249 e. The van der Waals surface area contributed by atoms with Crippen molar-refractivity contribution in [1.29, 1.82) is 0 Å². The number of rotatable bonds is 5. The molecule has 3 N–H and O–H groups in total. The van der Waals surface area contributed by atoms with Crippen molar-refractivity contribution >= 4 is 15.9 Å². The summed E-state index contributed by atoms with van der Waals surface area (Å²) in [4.78, 5) is 11.2. The third kappa shape index (κ3) is 3.30. The fourth-order valence-corrected chi connectivity index (χ4v) is 2.80. The average Bonchev–Trinajstić information content (AvgIpc) is 2.28. The van der Waals surface area contributed by atoms with Gasteiger partial charge in [-0.3, -0.25) is 4.79 Å². The van der Waals surface area contributed by atoms with Crippen LogP contribution in [0.5, 0.6) is 0 Å². The Kier molecular flexibility index (Phi) is 4.48. The van der Waals surface area contributed by atoms with Crippen LogP contribution in [0.1, 0.15) is 36.2 Å². The van der Waals surface area contributed by atoms with Crippen LogP contribution in [0.15, 0.2) is 23.1 Å². The van der Waals surface area contributed by atoms with E-state index in [0.29, 0.717) is 12.0 Å². The van der Waals surface area contributed by atoms with Gasteiger partial charge in [0.25, 0.3) is 0 Å². The first-order valence-electron chi connectivity index (χ1n) is 5.70. The zero-order chi connectivity index (χ0) is 13.9. The Bertz CT molecular complexity index is 552. The summed E-state index contributed by atoms with van der Waals surface area (Å²) in [6, 6.07) is 4.19. The van der Waals surface area contributed by atoms with Crippen LogP contribution in [0, 0.1) is 6.92 Å². The maximum absolute atomic E-state index is 12.0. The van der Waals surface area contributed by atoms with Crippen molar-refractivity contribution in [2.24, 2.45) is 5.73 Å². The Hall–Kier alpha value is -1.40. The van der Waals surface area contributed by atoms with E-state index in [4.69, 9.17) is 5.73 Å². The van der Waals surface area contributed by atoms with Gasteiger partial charge in [0.05, 0.1) is 4.90 Å². The summed E-state index contributed by atoms with van der Waals surface area (Å²) in [5, 5.41) is 0. The standard InChI is InChI=1S/C12H18N2O3S/c1-4-9(3)14-18(16,17)10-6-5-8(2)11(7-10)12(13)15/h5-7,9,14H,4H2,1-3H3,(H2,13,15)/t9-/m1/s1. The number of amides is 1. The van der Waals surface area contributed by atoms with Crippen molar-refractivity contribution in [3.05, 3.63) is 29.3 Å². The molecule has 0 saturated carbocycles. The molecule has 1 rings (SSSR count). The van der Waals surface area contributed by atoms with Gasteiger partial charge in [-0.25, -0.2) is 13.1 Å². The van der Waals surface area contributed by atoms with Gasteiger partial charge in [-0.1, -0.05) is 13.0 Å². The summed E-state index contributed by atoms with van der Waals surface area (Å²) < 4.78 is 26.6. The minimum Gasteiger partial charge on any atom is -0.366 e. The molecule has 18 heavy (non-hydrogen) atoms. The van der Waals surface area contributed by atoms with Crippen LogP contribution < -0.4 is 10.5 Å². The molecule has 0 fully saturated rings. The van der Waals surface area contributed by atoms with E-state index in [1.807, 2.05) is 6.92 Å². The van der Waals surface area contributed by atoms with Gasteiger partial charge in [-0.2, -0.15) is 0 Å². The van der Waals surface area contributed by atoms with Gasteiger partial charge in [-0.15, -0.1) is 0 Å². The minimum absolute atomic E-state index is 0.0576. The van der Waals surface area contributed by atoms with Gasteiger partial charge in [0.2, 0.25) is 15.9 Å². The van der Waals surface area contributed by atoms with Gasteiger partial charge in [-0.05, 0) is 38.0 Å². The van der Waals surface area contributed by atoms with Gasteiger partial charge in [0, 0.05) is 11.6 Å². The Balaban J connectivity index is 3.18. The minimum atomic E-state index is -3.60. The van der Waals surface area contributed by atoms with Gasteiger partial charge in [0.15, 0.2) is 0 Å². The normalized spacial score (nSPS) is 13.3. The second-order valence-corrected chi connectivity index (χ2v) is 5.99. The molecule has 1 atom stereocenters. The van der Waals surface area contributed by atoms with Gasteiger partial charge >= 0.3 is 0 Å². The summed E-state index contributed by atoms with van der Waals surface area (Å²) in [7, 11) is -3.60. The maximum Gasteiger partial charge on any atom is 0.249 e. The number of nitrogens with one attached hydrogen (secondary N) is 1. The second-order valence-electron chi connectivity index (χ2n) is 4.27. The largest absolute Gasteiger partial charge is 0.366 e. The van der Waals surface area contributed by atoms with Gasteiger partial charge < -0.3 is 5.73 Å². The Morgan fingerprint density at radius 1 is 1.44 bits per heavy atom. The Morgan fingerprint density at radius 3 is 2.56 bits per heavy atom. The first kappa shape index (κ1) is 14.7. The van der Waals surface area contributed by atoms with Crippen molar-refractivity contribution in [2.45, 2.75) is 38.1 Å². The number of aryl methyl sites for hydroxylation is 1. The van der Waals surface area contributed by atoms with Crippen LogP contribution in [0.4, 0.5) is 0 Å². The predicted molar refractivity (Wildman–Crippen MR) is 69.8 cm³/mol. The lowest BCUT2D eigenvalue weighted by Gasteiger charge is -2.13. The highest BCUT2D eigenvalue weighted by molar-refractivity contribution is 7.89. The summed E-state index contributed by atoms with van der Waals surface area (Å²) >= 11 is 0. The molecule has 0 aliphatic rings. The van der Waals surface area contributed by atoms with E-state index in [2.05, 4.69) is 4.72 Å². The van der Waals surface area contributed by atoms with E-state index in [0.717, 1.165) is 0 Å². The van der Waals surface area contributed by atoms with E-state index in [1.165, 1.54) is 12.1 Å². The topological polar surface area (TPSA) is 89.3 Å². The van der Waals surface area contributed by atoms with Crippen LogP contribution >= 0.6 is 0 Å². The molecule has 0 aliphatic carbocycles. The van der Waals surface area contributed by atoms with Crippen molar-refractivity contribution < 1.29 is 13.2 Å². The average molecular weight is 270 g/mol. The maximum atomic E-state index is 12.0. The summed E-state index contributed by atoms with van der Waals surface area (Å²) in [6.45, 7) is 5.37. The zero-order valence-corrected chi connectivity index (χ0v) is 11.5. The van der Waals surface area contributed by atoms with E-state index in [-0.39, 0.29) is 16.5 Å². The third-order valence-corrected chi connectivity index (χ3v) is 4.34. The molecule has 0 heterocycles. The summed E-state index contributed by atoms with van der Waals surface area (Å²) in [5.74, 6) is -0.631. The lowest BCUT2D eigenvalue weighted by molar-refractivity contribution is 0.0999. The van der Waals surface area contributed by atoms with E-state index >= 15 is 0 Å². The number of benzene rings is 1. The van der Waals surface area contributed by atoms with Crippen LogP contribution in [0.3, 0.4) is 0 Å². The molecule has 1 aromatic carbocycles. The molecule has 0 bridgehead atoms. The van der Waals surface area contributed by atoms with Crippen LogP contribution in [-0.4, -0.2) is 20.4 Å². The van der Waals surface area contributed by atoms with Crippen molar-refractivity contribution in [1.82, 2.24) is 4.72 Å². The molecular formula is C12H18N2O3S. The molecule has 0 aliphatic heterocycles. The molecule has 0 spiro atoms. The molecule has 5 nitrogen and oxygen atoms in total. The van der Waals surface area contributed by atoms with Gasteiger partial charge in [0.1, 0.15) is 0 Å². The molecule has 6 heteroatoms. The van der Waals surface area contributed by atoms with E-state index in [1.54, 1.807) is 19.9 Å². The fraction of sp³-hybridized carbons (Fsp3) is 0.417. The van der Waals surface area contributed by atoms with Crippen molar-refractivity contribution in [3.8, 4) is 0 Å². The number of hydrogen-bond donors (Lipinski definition) is 2. The fourth-order valence-electron chi connectivity index (χ4n) is 1.45. The number of carbonyl (C=O) groups excluding carboxylic acids is 1. The lowest BCUT2D eigenvalue weighted by Crippen LogP contribution is -2.32. The van der Waals surface area contributed by atoms with Crippen LogP contribution in [0.25, 0.3) is 0 Å². The molecular weight excluding hydrogens is 252 g/mol. The molecule has 1 aromatic rings. The Labute approximate surface area is 107 Å². The highest BCUT2D eigenvalue weighted by Gasteiger charge is 2.18. The highest BCUT2D eigenvalue weighted by Crippen LogP contribution is 2.15. The number of hydrogen-bond acceptors (Lipinski definition) is 3. The van der Waals surface area contributed by atoms with Crippen molar-refractivity contribution in [2.75, 3.05) is 0 Å².